The van der Waals surface area contributed by atoms with Crippen LogP contribution in [0.3, 0.4) is 0 Å². The van der Waals surface area contributed by atoms with Crippen LogP contribution in [0.1, 0.15) is 28.7 Å². The molecular formula is C29H26N4O. The number of aromatic nitrogens is 3. The number of pyridine rings is 1. The number of imidazole rings is 1. The number of fused-ring (bicyclic) bond motifs is 1. The third kappa shape index (κ3) is 4.74. The van der Waals surface area contributed by atoms with Crippen LogP contribution in [0.4, 0.5) is 0 Å². The molecule has 34 heavy (non-hydrogen) atoms. The molecule has 1 amide bonds. The van der Waals surface area contributed by atoms with Gasteiger partial charge in [0.05, 0.1) is 11.0 Å². The molecule has 0 aliphatic rings. The van der Waals surface area contributed by atoms with Crippen molar-refractivity contribution < 1.29 is 4.79 Å². The number of para-hydroxylation sites is 2. The van der Waals surface area contributed by atoms with Crippen LogP contribution < -0.4 is 5.32 Å². The molecule has 5 rings (SSSR count). The highest BCUT2D eigenvalue weighted by molar-refractivity contribution is 5.87. The molecule has 2 aromatic heterocycles. The minimum atomic E-state index is -0.531. The van der Waals surface area contributed by atoms with Crippen molar-refractivity contribution in [1.82, 2.24) is 19.9 Å². The van der Waals surface area contributed by atoms with Gasteiger partial charge in [0.1, 0.15) is 11.9 Å². The van der Waals surface area contributed by atoms with Gasteiger partial charge in [-0.1, -0.05) is 78.9 Å². The summed E-state index contributed by atoms with van der Waals surface area (Å²) in [6.45, 7) is 0.514. The normalized spacial score (nSPS) is 11.9. The lowest BCUT2D eigenvalue weighted by molar-refractivity contribution is -0.123. The average molecular weight is 447 g/mol. The molecule has 0 bridgehead atoms. The van der Waals surface area contributed by atoms with E-state index in [1.807, 2.05) is 91.0 Å². The number of nitrogens with one attached hydrogen (secondary N) is 1. The van der Waals surface area contributed by atoms with E-state index in [1.165, 1.54) is 0 Å². The van der Waals surface area contributed by atoms with Crippen LogP contribution in [0, 0.1) is 0 Å². The second-order valence-electron chi connectivity index (χ2n) is 8.22. The summed E-state index contributed by atoms with van der Waals surface area (Å²) in [5, 5.41) is 3.15. The zero-order valence-corrected chi connectivity index (χ0v) is 18.8. The minimum Gasteiger partial charge on any atom is -0.354 e. The van der Waals surface area contributed by atoms with E-state index in [2.05, 4.69) is 27.0 Å². The summed E-state index contributed by atoms with van der Waals surface area (Å²) >= 11 is 0. The number of benzene rings is 3. The van der Waals surface area contributed by atoms with Gasteiger partial charge in [-0.15, -0.1) is 0 Å². The number of carbonyl (C=O) groups is 1. The lowest BCUT2D eigenvalue weighted by Crippen LogP contribution is -2.35. The Morgan fingerprint density at radius 2 is 1.53 bits per heavy atom. The molecule has 1 atom stereocenters. The summed E-state index contributed by atoms with van der Waals surface area (Å²) in [7, 11) is 0. The molecule has 168 valence electrons. The van der Waals surface area contributed by atoms with Crippen molar-refractivity contribution >= 4 is 16.9 Å². The maximum absolute atomic E-state index is 13.7. The Kier molecular flexibility index (Phi) is 6.43. The predicted molar refractivity (Wildman–Crippen MR) is 135 cm³/mol. The van der Waals surface area contributed by atoms with Gasteiger partial charge in [-0.3, -0.25) is 9.78 Å². The van der Waals surface area contributed by atoms with Gasteiger partial charge in [0.25, 0.3) is 0 Å². The van der Waals surface area contributed by atoms with Crippen molar-refractivity contribution in [1.29, 1.82) is 0 Å². The molecule has 0 aliphatic heterocycles. The van der Waals surface area contributed by atoms with E-state index in [0.717, 1.165) is 33.7 Å². The van der Waals surface area contributed by atoms with Crippen LogP contribution in [0.15, 0.2) is 109 Å². The first-order valence-corrected chi connectivity index (χ1v) is 11.5. The minimum absolute atomic E-state index is 0.0559. The Morgan fingerprint density at radius 3 is 2.29 bits per heavy atom. The topological polar surface area (TPSA) is 59.8 Å². The summed E-state index contributed by atoms with van der Waals surface area (Å²) < 4.78 is 2.09. The fourth-order valence-corrected chi connectivity index (χ4v) is 4.30. The maximum Gasteiger partial charge on any atom is 0.247 e. The van der Waals surface area contributed by atoms with Gasteiger partial charge < -0.3 is 9.88 Å². The molecule has 5 aromatic rings. The molecule has 0 fully saturated rings. The highest BCUT2D eigenvalue weighted by Crippen LogP contribution is 2.28. The molecule has 1 N–H and O–H groups in total. The first-order chi connectivity index (χ1) is 16.8. The zero-order valence-electron chi connectivity index (χ0n) is 18.8. The highest BCUT2D eigenvalue weighted by atomic mass is 16.2. The summed E-state index contributed by atoms with van der Waals surface area (Å²) in [6.07, 6.45) is 3.09. The van der Waals surface area contributed by atoms with Gasteiger partial charge in [0.2, 0.25) is 5.91 Å². The second-order valence-corrected chi connectivity index (χ2v) is 8.22. The number of rotatable bonds is 8. The van der Waals surface area contributed by atoms with Gasteiger partial charge in [-0.2, -0.15) is 0 Å². The van der Waals surface area contributed by atoms with Crippen LogP contribution in [-0.4, -0.2) is 27.0 Å². The van der Waals surface area contributed by atoms with Gasteiger partial charge >= 0.3 is 0 Å². The van der Waals surface area contributed by atoms with Crippen LogP contribution in [-0.2, 0) is 17.6 Å². The van der Waals surface area contributed by atoms with E-state index in [4.69, 9.17) is 4.98 Å². The van der Waals surface area contributed by atoms with Gasteiger partial charge in [0.15, 0.2) is 0 Å². The van der Waals surface area contributed by atoms with Crippen molar-refractivity contribution in [3.63, 3.8) is 0 Å². The molecule has 0 spiro atoms. The van der Waals surface area contributed by atoms with E-state index < -0.39 is 6.04 Å². The van der Waals surface area contributed by atoms with E-state index in [0.29, 0.717) is 19.4 Å². The van der Waals surface area contributed by atoms with Crippen molar-refractivity contribution in [2.45, 2.75) is 18.9 Å². The Balaban J connectivity index is 1.52. The standard InChI is InChI=1S/C29H26N4O/c34-29(31-20-18-24-15-9-10-19-30-24)28(23-13-5-2-6-14-23)33-26-17-8-7-16-25(26)32-27(33)21-22-11-3-1-4-12-22/h1-17,19,28H,18,20-21H2,(H,31,34)/t28-/m1/s1. The largest absolute Gasteiger partial charge is 0.354 e. The van der Waals surface area contributed by atoms with Crippen molar-refractivity contribution in [2.75, 3.05) is 6.54 Å². The van der Waals surface area contributed by atoms with E-state index in [9.17, 15) is 4.79 Å². The van der Waals surface area contributed by atoms with Crippen LogP contribution in [0.25, 0.3) is 11.0 Å². The average Bonchev–Trinajstić information content (AvgIpc) is 3.24. The molecule has 0 saturated heterocycles. The maximum atomic E-state index is 13.7. The SMILES string of the molecule is O=C(NCCc1ccccn1)[C@@H](c1ccccc1)n1c(Cc2ccccc2)nc2ccccc21. The first-order valence-electron chi connectivity index (χ1n) is 11.5. The first kappa shape index (κ1) is 21.6. The predicted octanol–water partition coefficient (Wildman–Crippen LogP) is 4.97. The molecule has 0 unspecified atom stereocenters. The summed E-state index contributed by atoms with van der Waals surface area (Å²) in [5.74, 6) is 0.806. The van der Waals surface area contributed by atoms with E-state index in [-0.39, 0.29) is 5.91 Å². The van der Waals surface area contributed by atoms with E-state index in [1.54, 1.807) is 6.20 Å². The fraction of sp³-hybridized carbons (Fsp3) is 0.138. The number of carbonyl (C=O) groups excluding carboxylic acids is 1. The monoisotopic (exact) mass is 446 g/mol. The summed E-state index contributed by atoms with van der Waals surface area (Å²) in [6, 6.07) is 33.5. The Bertz CT molecular complexity index is 1360. The van der Waals surface area contributed by atoms with Crippen molar-refractivity contribution in [3.8, 4) is 0 Å². The van der Waals surface area contributed by atoms with Gasteiger partial charge in [-0.05, 0) is 35.4 Å². The Hall–Kier alpha value is -4.25. The van der Waals surface area contributed by atoms with Crippen LogP contribution in [0.2, 0.25) is 0 Å². The molecule has 0 saturated carbocycles. The molecular weight excluding hydrogens is 420 g/mol. The molecule has 5 heteroatoms. The molecule has 3 aromatic carbocycles. The van der Waals surface area contributed by atoms with Crippen molar-refractivity contribution in [2.24, 2.45) is 0 Å². The number of hydrogen-bond acceptors (Lipinski definition) is 3. The quantitative estimate of drug-likeness (QED) is 0.366. The number of hydrogen-bond donors (Lipinski definition) is 1. The Labute approximate surface area is 199 Å². The summed E-state index contributed by atoms with van der Waals surface area (Å²) in [4.78, 5) is 23.0. The second kappa shape index (κ2) is 10.1. The summed E-state index contributed by atoms with van der Waals surface area (Å²) in [5.41, 5.74) is 4.87. The molecule has 5 nitrogen and oxygen atoms in total. The molecule has 0 radical (unpaired) electrons. The molecule has 2 heterocycles. The Morgan fingerprint density at radius 1 is 0.824 bits per heavy atom. The third-order valence-corrected chi connectivity index (χ3v) is 5.90. The molecule has 0 aliphatic carbocycles. The number of nitrogens with zero attached hydrogens (tertiary/aromatic N) is 3. The van der Waals surface area contributed by atoms with Gasteiger partial charge in [0, 0.05) is 31.3 Å². The fourth-order valence-electron chi connectivity index (χ4n) is 4.30. The van der Waals surface area contributed by atoms with Gasteiger partial charge in [-0.25, -0.2) is 4.98 Å². The van der Waals surface area contributed by atoms with Crippen LogP contribution >= 0.6 is 0 Å². The van der Waals surface area contributed by atoms with E-state index >= 15 is 0 Å². The zero-order chi connectivity index (χ0) is 23.2. The van der Waals surface area contributed by atoms with Crippen LogP contribution in [0.5, 0.6) is 0 Å². The highest BCUT2D eigenvalue weighted by Gasteiger charge is 2.27. The van der Waals surface area contributed by atoms with Crippen molar-refractivity contribution in [3.05, 3.63) is 132 Å². The lowest BCUT2D eigenvalue weighted by atomic mass is 10.0. The smallest absolute Gasteiger partial charge is 0.247 e. The lowest BCUT2D eigenvalue weighted by Gasteiger charge is -2.22. The third-order valence-electron chi connectivity index (χ3n) is 5.90. The number of amides is 1.